The van der Waals surface area contributed by atoms with Gasteiger partial charge in [0.15, 0.2) is 5.82 Å². The predicted octanol–water partition coefficient (Wildman–Crippen LogP) is 3.27. The zero-order valence-corrected chi connectivity index (χ0v) is 12.6. The molecule has 110 valence electrons. The van der Waals surface area contributed by atoms with E-state index in [4.69, 9.17) is 4.52 Å². The van der Waals surface area contributed by atoms with E-state index >= 15 is 0 Å². The van der Waals surface area contributed by atoms with Crippen molar-refractivity contribution in [2.75, 3.05) is 19.6 Å². The molecule has 0 radical (unpaired) electrons. The van der Waals surface area contributed by atoms with Gasteiger partial charge in [0.05, 0.1) is 5.92 Å². The highest BCUT2D eigenvalue weighted by Gasteiger charge is 2.27. The van der Waals surface area contributed by atoms with E-state index in [0.29, 0.717) is 5.92 Å². The molecule has 1 atom stereocenters. The summed E-state index contributed by atoms with van der Waals surface area (Å²) in [6.45, 7) is 7.15. The Balaban J connectivity index is 1.58. The minimum Gasteiger partial charge on any atom is -0.339 e. The summed E-state index contributed by atoms with van der Waals surface area (Å²) in [7, 11) is 0. The van der Waals surface area contributed by atoms with Gasteiger partial charge < -0.3 is 4.52 Å². The van der Waals surface area contributed by atoms with Gasteiger partial charge in [-0.2, -0.15) is 4.98 Å². The second kappa shape index (κ2) is 6.22. The first-order chi connectivity index (χ1) is 10.2. The minimum atomic E-state index is 0.385. The van der Waals surface area contributed by atoms with Gasteiger partial charge in [-0.25, -0.2) is 0 Å². The van der Waals surface area contributed by atoms with E-state index in [1.165, 1.54) is 11.1 Å². The van der Waals surface area contributed by atoms with Crippen molar-refractivity contribution in [3.8, 4) is 0 Å². The molecule has 0 amide bonds. The van der Waals surface area contributed by atoms with Gasteiger partial charge in [0, 0.05) is 13.1 Å². The summed E-state index contributed by atoms with van der Waals surface area (Å²) in [5.41, 5.74) is 2.64. The molecule has 0 aliphatic carbocycles. The van der Waals surface area contributed by atoms with Crippen LogP contribution in [0.15, 0.2) is 40.4 Å². The highest BCUT2D eigenvalue weighted by Crippen LogP contribution is 2.26. The number of aryl methyl sites for hydroxylation is 1. The average molecular weight is 283 g/mol. The molecular weight excluding hydrogens is 262 g/mol. The van der Waals surface area contributed by atoms with Gasteiger partial charge in [-0.15, -0.1) is 0 Å². The number of rotatable bonds is 4. The van der Waals surface area contributed by atoms with Crippen LogP contribution >= 0.6 is 0 Å². The summed E-state index contributed by atoms with van der Waals surface area (Å²) >= 11 is 0. The molecule has 3 rings (SSSR count). The monoisotopic (exact) mass is 283 g/mol. The summed E-state index contributed by atoms with van der Waals surface area (Å²) in [4.78, 5) is 6.81. The largest absolute Gasteiger partial charge is 0.339 e. The van der Waals surface area contributed by atoms with Crippen LogP contribution in [-0.2, 0) is 0 Å². The number of hydrogen-bond acceptors (Lipinski definition) is 4. The van der Waals surface area contributed by atoms with Crippen molar-refractivity contribution in [2.24, 2.45) is 0 Å². The fraction of sp³-hybridized carbons (Fsp3) is 0.412. The number of nitrogens with zero attached hydrogens (tertiary/aromatic N) is 3. The Kier molecular flexibility index (Phi) is 4.15. The normalized spacial score (nSPS) is 20.1. The molecule has 21 heavy (non-hydrogen) atoms. The third-order valence-electron chi connectivity index (χ3n) is 3.85. The maximum atomic E-state index is 5.29. The molecule has 1 unspecified atom stereocenters. The SMILES string of the molecule is C/C(=C\c1ccccc1)CN1CCC(c2nc(C)no2)C1. The first-order valence-corrected chi connectivity index (χ1v) is 7.45. The first kappa shape index (κ1) is 14.0. The van der Waals surface area contributed by atoms with E-state index in [0.717, 1.165) is 37.8 Å². The summed E-state index contributed by atoms with van der Waals surface area (Å²) in [6, 6.07) is 10.5. The lowest BCUT2D eigenvalue weighted by Crippen LogP contribution is -2.22. The fourth-order valence-corrected chi connectivity index (χ4v) is 2.89. The fourth-order valence-electron chi connectivity index (χ4n) is 2.89. The third kappa shape index (κ3) is 3.58. The maximum absolute atomic E-state index is 5.29. The standard InChI is InChI=1S/C17H21N3O/c1-13(10-15-6-4-3-5-7-15)11-20-9-8-16(12-20)17-18-14(2)19-21-17/h3-7,10,16H,8-9,11-12H2,1-2H3/b13-10+. The van der Waals surface area contributed by atoms with Crippen LogP contribution in [0.3, 0.4) is 0 Å². The molecule has 1 aliphatic rings. The molecule has 1 saturated heterocycles. The lowest BCUT2D eigenvalue weighted by Gasteiger charge is -2.15. The van der Waals surface area contributed by atoms with Crippen LogP contribution in [0.1, 0.15) is 36.5 Å². The van der Waals surface area contributed by atoms with Gasteiger partial charge >= 0.3 is 0 Å². The zero-order valence-electron chi connectivity index (χ0n) is 12.6. The molecular formula is C17H21N3O. The average Bonchev–Trinajstić information content (AvgIpc) is 3.09. The Morgan fingerprint density at radius 1 is 1.38 bits per heavy atom. The molecule has 0 bridgehead atoms. The Hall–Kier alpha value is -1.94. The summed E-state index contributed by atoms with van der Waals surface area (Å²) in [5, 5.41) is 3.89. The van der Waals surface area contributed by atoms with E-state index in [1.54, 1.807) is 0 Å². The van der Waals surface area contributed by atoms with Crippen molar-refractivity contribution in [1.29, 1.82) is 0 Å². The Bertz CT molecular complexity index is 618. The van der Waals surface area contributed by atoms with Crippen LogP contribution in [0.5, 0.6) is 0 Å². The third-order valence-corrected chi connectivity index (χ3v) is 3.85. The highest BCUT2D eigenvalue weighted by atomic mass is 16.5. The zero-order chi connectivity index (χ0) is 14.7. The van der Waals surface area contributed by atoms with Gasteiger partial charge in [0.2, 0.25) is 5.89 Å². The van der Waals surface area contributed by atoms with Gasteiger partial charge in [-0.05, 0) is 32.4 Å². The van der Waals surface area contributed by atoms with E-state index in [1.807, 2.05) is 13.0 Å². The van der Waals surface area contributed by atoms with Crippen molar-refractivity contribution < 1.29 is 4.52 Å². The predicted molar refractivity (Wildman–Crippen MR) is 82.9 cm³/mol. The van der Waals surface area contributed by atoms with Crippen LogP contribution in [0.2, 0.25) is 0 Å². The van der Waals surface area contributed by atoms with Gasteiger partial charge in [0.25, 0.3) is 0 Å². The first-order valence-electron chi connectivity index (χ1n) is 7.45. The summed E-state index contributed by atoms with van der Waals surface area (Å²) < 4.78 is 5.29. The van der Waals surface area contributed by atoms with Crippen LogP contribution in [0.4, 0.5) is 0 Å². The Morgan fingerprint density at radius 2 is 2.19 bits per heavy atom. The van der Waals surface area contributed by atoms with Gasteiger partial charge in [0.1, 0.15) is 0 Å². The van der Waals surface area contributed by atoms with Crippen molar-refractivity contribution >= 4 is 6.08 Å². The molecule has 1 aliphatic heterocycles. The minimum absolute atomic E-state index is 0.385. The second-order valence-electron chi connectivity index (χ2n) is 5.80. The van der Waals surface area contributed by atoms with E-state index in [-0.39, 0.29) is 0 Å². The van der Waals surface area contributed by atoms with Crippen LogP contribution in [0.25, 0.3) is 6.08 Å². The summed E-state index contributed by atoms with van der Waals surface area (Å²) in [5.74, 6) is 1.90. The topological polar surface area (TPSA) is 42.2 Å². The van der Waals surface area contributed by atoms with Crippen LogP contribution in [-0.4, -0.2) is 34.7 Å². The Morgan fingerprint density at radius 3 is 2.90 bits per heavy atom. The number of likely N-dealkylation sites (tertiary alicyclic amines) is 1. The van der Waals surface area contributed by atoms with E-state index in [2.05, 4.69) is 52.3 Å². The number of aromatic nitrogens is 2. The summed E-state index contributed by atoms with van der Waals surface area (Å²) in [6.07, 6.45) is 3.35. The van der Waals surface area contributed by atoms with Crippen molar-refractivity contribution in [1.82, 2.24) is 15.0 Å². The number of benzene rings is 1. The van der Waals surface area contributed by atoms with Crippen molar-refractivity contribution in [2.45, 2.75) is 26.2 Å². The highest BCUT2D eigenvalue weighted by molar-refractivity contribution is 5.52. The molecule has 0 spiro atoms. The molecule has 1 aromatic heterocycles. The number of hydrogen-bond donors (Lipinski definition) is 0. The Labute approximate surface area is 125 Å². The smallest absolute Gasteiger partial charge is 0.231 e. The van der Waals surface area contributed by atoms with Crippen molar-refractivity contribution in [3.63, 3.8) is 0 Å². The molecule has 1 fully saturated rings. The van der Waals surface area contributed by atoms with Gasteiger partial charge in [-0.1, -0.05) is 47.1 Å². The second-order valence-corrected chi connectivity index (χ2v) is 5.80. The molecule has 1 aromatic carbocycles. The quantitative estimate of drug-likeness (QED) is 0.863. The molecule has 2 aromatic rings. The van der Waals surface area contributed by atoms with E-state index < -0.39 is 0 Å². The lowest BCUT2D eigenvalue weighted by molar-refractivity contribution is 0.329. The molecule has 0 saturated carbocycles. The van der Waals surface area contributed by atoms with Gasteiger partial charge in [-0.3, -0.25) is 4.90 Å². The molecule has 0 N–H and O–H groups in total. The molecule has 4 nitrogen and oxygen atoms in total. The van der Waals surface area contributed by atoms with Crippen LogP contribution in [0, 0.1) is 6.92 Å². The van der Waals surface area contributed by atoms with Crippen molar-refractivity contribution in [3.05, 3.63) is 53.2 Å². The maximum Gasteiger partial charge on any atom is 0.231 e. The van der Waals surface area contributed by atoms with E-state index in [9.17, 15) is 0 Å². The molecule has 2 heterocycles. The lowest BCUT2D eigenvalue weighted by atomic mass is 10.1. The van der Waals surface area contributed by atoms with Crippen LogP contribution < -0.4 is 0 Å². The molecule has 4 heteroatoms.